The van der Waals surface area contributed by atoms with E-state index in [4.69, 9.17) is 4.74 Å². The molecule has 9 nitrogen and oxygen atoms in total. The van der Waals surface area contributed by atoms with Gasteiger partial charge in [-0.05, 0) is 42.4 Å². The third kappa shape index (κ3) is 3.26. The smallest absolute Gasteiger partial charge is 0.194 e. The van der Waals surface area contributed by atoms with Crippen LogP contribution < -0.4 is 10.1 Å². The lowest BCUT2D eigenvalue weighted by atomic mass is 10.1. The molecule has 158 valence electrons. The van der Waals surface area contributed by atoms with Crippen LogP contribution in [0.25, 0.3) is 11.2 Å². The van der Waals surface area contributed by atoms with Crippen molar-refractivity contribution >= 4 is 39.6 Å². The third-order valence-corrected chi connectivity index (χ3v) is 6.62. The Morgan fingerprint density at radius 2 is 2.07 bits per heavy atom. The molecule has 4 N–H and O–H groups in total. The summed E-state index contributed by atoms with van der Waals surface area (Å²) in [6.07, 6.45) is 1.83. The summed E-state index contributed by atoms with van der Waals surface area (Å²) in [6.45, 7) is 0.610. The second-order valence-corrected chi connectivity index (χ2v) is 8.85. The zero-order chi connectivity index (χ0) is 21.0. The van der Waals surface area contributed by atoms with Gasteiger partial charge in [0.25, 0.3) is 0 Å². The number of aromatic hydroxyl groups is 1. The van der Waals surface area contributed by atoms with Crippen LogP contribution in [-0.4, -0.2) is 60.7 Å². The molecule has 1 aromatic carbocycles. The molecule has 30 heavy (non-hydrogen) atoms. The number of phenolic OH excluding ortho intramolecular Hbond substituents is 1. The molecule has 0 bridgehead atoms. The van der Waals surface area contributed by atoms with Crippen LogP contribution in [0.1, 0.15) is 18.0 Å². The molecule has 5 atom stereocenters. The number of anilines is 1. The summed E-state index contributed by atoms with van der Waals surface area (Å²) in [4.78, 5) is 13.6. The van der Waals surface area contributed by atoms with Crippen molar-refractivity contribution in [2.75, 3.05) is 19.0 Å². The van der Waals surface area contributed by atoms with Crippen LogP contribution in [0.3, 0.4) is 0 Å². The number of aliphatic hydroxyl groups excluding tert-OH is 2. The second-order valence-electron chi connectivity index (χ2n) is 7.88. The maximum atomic E-state index is 10.5. The maximum Gasteiger partial charge on any atom is 0.194 e. The number of fused-ring (bicyclic) bond motifs is 2. The number of hydrogen-bond donors (Lipinski definition) is 4. The molecule has 10 heteroatoms. The molecule has 2 aliphatic carbocycles. The Hall–Kier alpha value is -2.18. The number of nitrogens with one attached hydrogen (secondary N) is 1. The number of aromatic nitrogens is 4. The summed E-state index contributed by atoms with van der Waals surface area (Å²) < 4.78 is 7.63. The molecular weight excluding hydrogens is 501 g/mol. The van der Waals surface area contributed by atoms with E-state index in [0.29, 0.717) is 39.5 Å². The van der Waals surface area contributed by atoms with Gasteiger partial charge in [-0.1, -0.05) is 6.07 Å². The number of aliphatic hydroxyl groups is 2. The van der Waals surface area contributed by atoms with Gasteiger partial charge in [0.1, 0.15) is 6.10 Å². The highest BCUT2D eigenvalue weighted by molar-refractivity contribution is 14.1. The van der Waals surface area contributed by atoms with Gasteiger partial charge in [0.05, 0.1) is 25.6 Å². The summed E-state index contributed by atoms with van der Waals surface area (Å²) in [5.74, 6) is 1.63. The fraction of sp³-hybridized carbons (Fsp3) is 0.450. The molecule has 0 unspecified atom stereocenters. The first-order chi connectivity index (χ1) is 14.5. The molecule has 2 fully saturated rings. The molecule has 0 aliphatic heterocycles. The second kappa shape index (κ2) is 7.50. The Morgan fingerprint density at radius 1 is 1.23 bits per heavy atom. The van der Waals surface area contributed by atoms with Gasteiger partial charge in [0.15, 0.2) is 32.3 Å². The maximum absolute atomic E-state index is 10.5. The highest BCUT2D eigenvalue weighted by Crippen LogP contribution is 2.57. The number of halogens is 1. The number of hydrogen-bond acceptors (Lipinski definition) is 8. The van der Waals surface area contributed by atoms with Gasteiger partial charge >= 0.3 is 0 Å². The lowest BCUT2D eigenvalue weighted by Crippen LogP contribution is -2.31. The van der Waals surface area contributed by atoms with Crippen molar-refractivity contribution in [3.05, 3.63) is 33.9 Å². The highest BCUT2D eigenvalue weighted by Gasteiger charge is 2.60. The quantitative estimate of drug-likeness (QED) is 0.285. The summed E-state index contributed by atoms with van der Waals surface area (Å²) in [6, 6.07) is 5.07. The van der Waals surface area contributed by atoms with Gasteiger partial charge in [-0.2, -0.15) is 0 Å². The van der Waals surface area contributed by atoms with Gasteiger partial charge in [-0.3, -0.25) is 0 Å². The Balaban J connectivity index is 1.37. The highest BCUT2D eigenvalue weighted by atomic mass is 127. The zero-order valence-corrected chi connectivity index (χ0v) is 18.4. The predicted octanol–water partition coefficient (Wildman–Crippen LogP) is 1.71. The largest absolute Gasteiger partial charge is 0.504 e. The number of ether oxygens (including phenoxy) is 1. The van der Waals surface area contributed by atoms with Gasteiger partial charge in [-0.15, -0.1) is 0 Å². The van der Waals surface area contributed by atoms with Gasteiger partial charge < -0.3 is 29.9 Å². The Labute approximate surface area is 186 Å². The first-order valence-corrected chi connectivity index (χ1v) is 10.9. The minimum absolute atomic E-state index is 0.115. The van der Waals surface area contributed by atoms with E-state index in [0.717, 1.165) is 12.0 Å². The first kappa shape index (κ1) is 19.8. The van der Waals surface area contributed by atoms with Crippen molar-refractivity contribution < 1.29 is 20.1 Å². The molecular formula is C20H22IN5O4. The summed E-state index contributed by atoms with van der Waals surface area (Å²) in [5, 5.41) is 33.7. The minimum atomic E-state index is -0.806. The van der Waals surface area contributed by atoms with Gasteiger partial charge in [-0.25, -0.2) is 15.0 Å². The molecule has 0 radical (unpaired) electrons. The normalized spacial score (nSPS) is 27.3. The van der Waals surface area contributed by atoms with E-state index in [9.17, 15) is 15.3 Å². The molecule has 0 saturated heterocycles. The fourth-order valence-corrected chi connectivity index (χ4v) is 5.00. The first-order valence-electron chi connectivity index (χ1n) is 9.84. The number of phenols is 1. The van der Waals surface area contributed by atoms with Crippen molar-refractivity contribution in [1.82, 2.24) is 19.5 Å². The lowest BCUT2D eigenvalue weighted by Gasteiger charge is -2.22. The Kier molecular flexibility index (Phi) is 4.94. The number of imidazole rings is 1. The number of methoxy groups -OCH3 is 1. The standard InChI is InChI=1S/C20H22IN5O4/c1-30-13-6-9(2-3-12(13)27)4-5-22-18-14-19(25-20(21)24-18)26(8-23-14)15-10-7-11(10)16(28)17(15)29/h2-3,6,8,10-11,15-17,27-29H,4-5,7H2,1H3,(H,22,24,25)/t10-,11+,15+,16+,17-/m0/s1. The molecule has 2 aromatic heterocycles. The van der Waals surface area contributed by atoms with Crippen molar-refractivity contribution in [1.29, 1.82) is 0 Å². The summed E-state index contributed by atoms with van der Waals surface area (Å²) in [5.41, 5.74) is 2.32. The monoisotopic (exact) mass is 523 g/mol. The van der Waals surface area contributed by atoms with E-state index in [1.54, 1.807) is 12.4 Å². The van der Waals surface area contributed by atoms with Crippen molar-refractivity contribution in [2.45, 2.75) is 31.1 Å². The summed E-state index contributed by atoms with van der Waals surface area (Å²) >= 11 is 2.07. The average Bonchev–Trinajstić information content (AvgIpc) is 3.34. The third-order valence-electron chi connectivity index (χ3n) is 6.13. The van der Waals surface area contributed by atoms with E-state index in [2.05, 4.69) is 42.9 Å². The van der Waals surface area contributed by atoms with Crippen LogP contribution in [0, 0.1) is 15.7 Å². The topological polar surface area (TPSA) is 126 Å². The average molecular weight is 523 g/mol. The Morgan fingerprint density at radius 3 is 2.80 bits per heavy atom. The minimum Gasteiger partial charge on any atom is -0.504 e. The zero-order valence-electron chi connectivity index (χ0n) is 16.2. The molecule has 2 heterocycles. The molecule has 3 aromatic rings. The van der Waals surface area contributed by atoms with Gasteiger partial charge in [0, 0.05) is 29.1 Å². The van der Waals surface area contributed by atoms with E-state index in [1.165, 1.54) is 7.11 Å². The van der Waals surface area contributed by atoms with Crippen LogP contribution >= 0.6 is 22.6 Å². The van der Waals surface area contributed by atoms with Crippen molar-refractivity contribution in [3.63, 3.8) is 0 Å². The van der Waals surface area contributed by atoms with Crippen LogP contribution in [0.4, 0.5) is 5.82 Å². The molecule has 5 rings (SSSR count). The van der Waals surface area contributed by atoms with Crippen LogP contribution in [0.15, 0.2) is 24.5 Å². The van der Waals surface area contributed by atoms with E-state index < -0.39 is 12.2 Å². The predicted molar refractivity (Wildman–Crippen MR) is 118 cm³/mol. The number of nitrogens with zero attached hydrogens (tertiary/aromatic N) is 4. The van der Waals surface area contributed by atoms with Crippen LogP contribution in [0.2, 0.25) is 0 Å². The van der Waals surface area contributed by atoms with Gasteiger partial charge in [0.2, 0.25) is 0 Å². The SMILES string of the molecule is COc1cc(CCNc2nc(I)nc3c2ncn3[C@H]2[C@H](O)[C@H](O)[C@@H]3C[C@@H]32)ccc1O. The van der Waals surface area contributed by atoms with E-state index in [1.807, 2.05) is 16.7 Å². The Bertz CT molecular complexity index is 1110. The molecule has 0 spiro atoms. The summed E-state index contributed by atoms with van der Waals surface area (Å²) in [7, 11) is 1.52. The molecule has 0 amide bonds. The molecule has 2 aliphatic rings. The number of rotatable bonds is 6. The van der Waals surface area contributed by atoms with Crippen LogP contribution in [-0.2, 0) is 6.42 Å². The van der Waals surface area contributed by atoms with Crippen LogP contribution in [0.5, 0.6) is 11.5 Å². The fourth-order valence-electron chi connectivity index (χ4n) is 4.53. The number of benzene rings is 1. The lowest BCUT2D eigenvalue weighted by molar-refractivity contribution is 0.00386. The van der Waals surface area contributed by atoms with Crippen molar-refractivity contribution in [3.8, 4) is 11.5 Å². The van der Waals surface area contributed by atoms with Crippen molar-refractivity contribution in [2.24, 2.45) is 11.8 Å². The molecule has 2 saturated carbocycles. The van der Waals surface area contributed by atoms with E-state index >= 15 is 0 Å². The van der Waals surface area contributed by atoms with E-state index in [-0.39, 0.29) is 23.6 Å².